The maximum atomic E-state index is 11.9. The highest BCUT2D eigenvalue weighted by molar-refractivity contribution is 5.93. The highest BCUT2D eigenvalue weighted by atomic mass is 16.5. The molecular weight excluding hydrogens is 222 g/mol. The van der Waals surface area contributed by atoms with Crippen molar-refractivity contribution in [3.8, 4) is 0 Å². The number of rotatable bonds is 3. The number of nitrogens with one attached hydrogen (secondary N) is 1. The van der Waals surface area contributed by atoms with Crippen molar-refractivity contribution in [2.45, 2.75) is 6.92 Å². The van der Waals surface area contributed by atoms with Gasteiger partial charge in [0, 0.05) is 19.3 Å². The van der Waals surface area contributed by atoms with Gasteiger partial charge in [0.05, 0.1) is 6.61 Å². The molecule has 2 rings (SSSR count). The Morgan fingerprint density at radius 3 is 2.82 bits per heavy atom. The van der Waals surface area contributed by atoms with E-state index < -0.39 is 5.97 Å². The van der Waals surface area contributed by atoms with E-state index in [1.165, 1.54) is 6.20 Å². The lowest BCUT2D eigenvalue weighted by Crippen LogP contribution is -2.29. The summed E-state index contributed by atoms with van der Waals surface area (Å²) in [7, 11) is 0. The van der Waals surface area contributed by atoms with Gasteiger partial charge >= 0.3 is 5.97 Å². The van der Waals surface area contributed by atoms with Gasteiger partial charge in [0.1, 0.15) is 0 Å². The number of amides is 1. The van der Waals surface area contributed by atoms with E-state index in [0.717, 1.165) is 0 Å². The predicted octanol–water partition coefficient (Wildman–Crippen LogP) is 0.598. The normalized spacial score (nSPS) is 14.1. The minimum Gasteiger partial charge on any atom is -0.461 e. The molecule has 0 aliphatic carbocycles. The van der Waals surface area contributed by atoms with Crippen LogP contribution in [0.2, 0.25) is 0 Å². The van der Waals surface area contributed by atoms with Gasteiger partial charge in [-0.25, -0.2) is 9.78 Å². The first-order valence-corrected chi connectivity index (χ1v) is 5.39. The molecule has 1 aromatic heterocycles. The molecule has 6 heteroatoms. The maximum absolute atomic E-state index is 11.9. The first-order chi connectivity index (χ1) is 8.22. The lowest BCUT2D eigenvalue weighted by molar-refractivity contribution is 0.0520. The Morgan fingerprint density at radius 1 is 1.47 bits per heavy atom. The number of nitrogens with zero attached hydrogens (tertiary/aromatic N) is 2. The fourth-order valence-corrected chi connectivity index (χ4v) is 1.53. The molecule has 1 aromatic rings. The molecular formula is C11H13N3O3. The van der Waals surface area contributed by atoms with Gasteiger partial charge in [0.2, 0.25) is 0 Å². The Balaban J connectivity index is 2.07. The molecule has 0 saturated heterocycles. The molecule has 0 spiro atoms. The molecule has 6 nitrogen and oxygen atoms in total. The van der Waals surface area contributed by atoms with E-state index in [-0.39, 0.29) is 24.0 Å². The van der Waals surface area contributed by atoms with Crippen LogP contribution in [0.3, 0.4) is 0 Å². The van der Waals surface area contributed by atoms with Crippen LogP contribution in [-0.2, 0) is 4.74 Å². The molecule has 0 bridgehead atoms. The highest BCUT2D eigenvalue weighted by Crippen LogP contribution is 2.06. The van der Waals surface area contributed by atoms with E-state index in [0.29, 0.717) is 13.1 Å². The summed E-state index contributed by atoms with van der Waals surface area (Å²) in [5, 5.41) is 0. The average molecular weight is 235 g/mol. The lowest BCUT2D eigenvalue weighted by atomic mass is 10.4. The van der Waals surface area contributed by atoms with E-state index in [1.807, 2.05) is 12.2 Å². The molecule has 0 unspecified atom stereocenters. The summed E-state index contributed by atoms with van der Waals surface area (Å²) in [6.07, 6.45) is 5.20. The van der Waals surface area contributed by atoms with Gasteiger partial charge in [0.25, 0.3) is 5.91 Å². The molecule has 0 fully saturated rings. The molecule has 90 valence electrons. The number of aromatic nitrogens is 2. The van der Waals surface area contributed by atoms with E-state index >= 15 is 0 Å². The first-order valence-electron chi connectivity index (χ1n) is 5.39. The van der Waals surface area contributed by atoms with Crippen molar-refractivity contribution in [3.05, 3.63) is 29.9 Å². The molecule has 1 amide bonds. The smallest absolute Gasteiger partial charge is 0.358 e. The van der Waals surface area contributed by atoms with Crippen molar-refractivity contribution < 1.29 is 14.3 Å². The molecule has 1 N–H and O–H groups in total. The van der Waals surface area contributed by atoms with E-state index in [2.05, 4.69) is 9.97 Å². The van der Waals surface area contributed by atoms with Crippen LogP contribution in [0.5, 0.6) is 0 Å². The van der Waals surface area contributed by atoms with Crippen molar-refractivity contribution in [2.75, 3.05) is 19.7 Å². The lowest BCUT2D eigenvalue weighted by Gasteiger charge is -2.12. The number of aromatic amines is 1. The third-order valence-electron chi connectivity index (χ3n) is 2.37. The van der Waals surface area contributed by atoms with Gasteiger partial charge in [-0.3, -0.25) is 4.79 Å². The summed E-state index contributed by atoms with van der Waals surface area (Å²) >= 11 is 0. The van der Waals surface area contributed by atoms with Crippen LogP contribution in [0.1, 0.15) is 28.0 Å². The summed E-state index contributed by atoms with van der Waals surface area (Å²) in [5.41, 5.74) is 0.127. The fourth-order valence-electron chi connectivity index (χ4n) is 1.53. The molecule has 0 saturated carbocycles. The van der Waals surface area contributed by atoms with Crippen LogP contribution in [0.15, 0.2) is 18.3 Å². The Kier molecular flexibility index (Phi) is 3.22. The van der Waals surface area contributed by atoms with Crippen molar-refractivity contribution in [3.63, 3.8) is 0 Å². The van der Waals surface area contributed by atoms with E-state index in [9.17, 15) is 9.59 Å². The van der Waals surface area contributed by atoms with Gasteiger partial charge in [-0.05, 0) is 6.92 Å². The number of imidazole rings is 1. The summed E-state index contributed by atoms with van der Waals surface area (Å²) in [6.45, 7) is 3.15. The quantitative estimate of drug-likeness (QED) is 0.615. The largest absolute Gasteiger partial charge is 0.461 e. The number of H-pyrrole nitrogens is 1. The van der Waals surface area contributed by atoms with Gasteiger partial charge in [-0.2, -0.15) is 0 Å². The number of ether oxygens (including phenoxy) is 1. The molecule has 2 heterocycles. The predicted molar refractivity (Wildman–Crippen MR) is 59.6 cm³/mol. The van der Waals surface area contributed by atoms with Gasteiger partial charge in [-0.1, -0.05) is 12.2 Å². The minimum absolute atomic E-state index is 0.127. The van der Waals surface area contributed by atoms with E-state index in [4.69, 9.17) is 4.74 Å². The van der Waals surface area contributed by atoms with Crippen LogP contribution in [0.4, 0.5) is 0 Å². The van der Waals surface area contributed by atoms with Gasteiger partial charge in [0.15, 0.2) is 11.5 Å². The van der Waals surface area contributed by atoms with E-state index in [1.54, 1.807) is 11.8 Å². The highest BCUT2D eigenvalue weighted by Gasteiger charge is 2.21. The Morgan fingerprint density at radius 2 is 2.18 bits per heavy atom. The zero-order valence-electron chi connectivity index (χ0n) is 9.47. The van der Waals surface area contributed by atoms with Crippen molar-refractivity contribution in [2.24, 2.45) is 0 Å². The first kappa shape index (κ1) is 11.4. The average Bonchev–Trinajstić information content (AvgIpc) is 3.00. The number of carbonyl (C=O) groups excluding carboxylic acids is 2. The molecule has 1 aliphatic rings. The third kappa shape index (κ3) is 2.35. The summed E-state index contributed by atoms with van der Waals surface area (Å²) in [4.78, 5) is 31.5. The molecule has 0 atom stereocenters. The van der Waals surface area contributed by atoms with Gasteiger partial charge in [-0.15, -0.1) is 0 Å². The van der Waals surface area contributed by atoms with Crippen molar-refractivity contribution in [1.29, 1.82) is 0 Å². The van der Waals surface area contributed by atoms with Crippen LogP contribution in [-0.4, -0.2) is 46.4 Å². The number of hydrogen-bond donors (Lipinski definition) is 1. The Labute approximate surface area is 98.3 Å². The summed E-state index contributed by atoms with van der Waals surface area (Å²) in [6, 6.07) is 0. The minimum atomic E-state index is -0.526. The maximum Gasteiger partial charge on any atom is 0.358 e. The molecule has 17 heavy (non-hydrogen) atoms. The van der Waals surface area contributed by atoms with Crippen molar-refractivity contribution in [1.82, 2.24) is 14.9 Å². The third-order valence-corrected chi connectivity index (χ3v) is 2.37. The standard InChI is InChI=1S/C11H13N3O3/c1-2-17-11(16)8-7-12-9(13-8)10(15)14-5-3-4-6-14/h3-4,7H,2,5-6H2,1H3,(H,12,13). The topological polar surface area (TPSA) is 75.3 Å². The Bertz CT molecular complexity index is 456. The number of esters is 1. The second-order valence-corrected chi connectivity index (χ2v) is 3.54. The molecule has 0 aromatic carbocycles. The second kappa shape index (κ2) is 4.82. The number of carbonyl (C=O) groups is 2. The molecule has 1 aliphatic heterocycles. The summed E-state index contributed by atoms with van der Waals surface area (Å²) in [5.74, 6) is -0.579. The zero-order chi connectivity index (χ0) is 12.3. The van der Waals surface area contributed by atoms with Crippen LogP contribution in [0.25, 0.3) is 0 Å². The van der Waals surface area contributed by atoms with Crippen LogP contribution < -0.4 is 0 Å². The zero-order valence-corrected chi connectivity index (χ0v) is 9.47. The van der Waals surface area contributed by atoms with Gasteiger partial charge < -0.3 is 14.6 Å². The Hall–Kier alpha value is -2.11. The second-order valence-electron chi connectivity index (χ2n) is 3.54. The monoisotopic (exact) mass is 235 g/mol. The van der Waals surface area contributed by atoms with Crippen molar-refractivity contribution >= 4 is 11.9 Å². The fraction of sp³-hybridized carbons (Fsp3) is 0.364. The van der Waals surface area contributed by atoms with Crippen LogP contribution in [0, 0.1) is 0 Å². The summed E-state index contributed by atoms with van der Waals surface area (Å²) < 4.78 is 4.79. The SMILES string of the molecule is CCOC(=O)c1c[nH]c(C(=O)N2CC=CC2)n1. The number of hydrogen-bond acceptors (Lipinski definition) is 4. The molecule has 0 radical (unpaired) electrons. The van der Waals surface area contributed by atoms with Crippen LogP contribution >= 0.6 is 0 Å².